The standard InChI is InChI=1S/C21H27N3.ClH/c1-2-5-17(6-3-1)16-24-13-10-20(11-14-24)23-15-19-8-4-7-18-9-12-22-21(18)19;/h1-8,20,22-23H,9-16H2;1H. The summed E-state index contributed by atoms with van der Waals surface area (Å²) in [5.74, 6) is 0. The Morgan fingerprint density at radius 1 is 1.00 bits per heavy atom. The molecule has 134 valence electrons. The van der Waals surface area contributed by atoms with E-state index in [0.717, 1.165) is 19.6 Å². The molecule has 2 aliphatic heterocycles. The van der Waals surface area contributed by atoms with Gasteiger partial charge in [0.25, 0.3) is 0 Å². The van der Waals surface area contributed by atoms with E-state index >= 15 is 0 Å². The van der Waals surface area contributed by atoms with Gasteiger partial charge in [0.05, 0.1) is 0 Å². The molecule has 2 heterocycles. The summed E-state index contributed by atoms with van der Waals surface area (Å²) < 4.78 is 0. The summed E-state index contributed by atoms with van der Waals surface area (Å²) in [4.78, 5) is 2.58. The van der Waals surface area contributed by atoms with Gasteiger partial charge in [0.1, 0.15) is 0 Å². The van der Waals surface area contributed by atoms with E-state index in [-0.39, 0.29) is 12.4 Å². The molecule has 2 aromatic rings. The third-order valence-corrected chi connectivity index (χ3v) is 5.35. The number of halogens is 1. The van der Waals surface area contributed by atoms with Gasteiger partial charge in [-0.2, -0.15) is 0 Å². The van der Waals surface area contributed by atoms with Crippen LogP contribution in [0.25, 0.3) is 0 Å². The number of rotatable bonds is 5. The third-order valence-electron chi connectivity index (χ3n) is 5.35. The largest absolute Gasteiger partial charge is 0.384 e. The molecule has 0 unspecified atom stereocenters. The number of nitrogens with zero attached hydrogens (tertiary/aromatic N) is 1. The van der Waals surface area contributed by atoms with Crippen LogP contribution >= 0.6 is 12.4 Å². The van der Waals surface area contributed by atoms with Crippen molar-refractivity contribution in [3.63, 3.8) is 0 Å². The average molecular weight is 358 g/mol. The Morgan fingerprint density at radius 3 is 2.60 bits per heavy atom. The predicted octanol–water partition coefficient (Wildman–Crippen LogP) is 3.83. The maximum absolute atomic E-state index is 3.79. The van der Waals surface area contributed by atoms with Crippen molar-refractivity contribution < 1.29 is 0 Å². The van der Waals surface area contributed by atoms with Crippen molar-refractivity contribution in [1.82, 2.24) is 10.2 Å². The van der Waals surface area contributed by atoms with Crippen molar-refractivity contribution in [3.8, 4) is 0 Å². The summed E-state index contributed by atoms with van der Waals surface area (Å²) in [7, 11) is 0. The lowest BCUT2D eigenvalue weighted by atomic mass is 10.0. The maximum atomic E-state index is 3.79. The summed E-state index contributed by atoms with van der Waals surface area (Å²) in [6.45, 7) is 5.54. The van der Waals surface area contributed by atoms with E-state index < -0.39 is 0 Å². The maximum Gasteiger partial charge on any atom is 0.0419 e. The number of para-hydroxylation sites is 1. The van der Waals surface area contributed by atoms with Crippen LogP contribution in [0.5, 0.6) is 0 Å². The summed E-state index contributed by atoms with van der Waals surface area (Å²) in [6.07, 6.45) is 3.66. The molecule has 25 heavy (non-hydrogen) atoms. The number of fused-ring (bicyclic) bond motifs is 1. The van der Waals surface area contributed by atoms with Crippen LogP contribution in [0.2, 0.25) is 0 Å². The molecular formula is C21H28ClN3. The predicted molar refractivity (Wildman–Crippen MR) is 107 cm³/mol. The second kappa shape index (κ2) is 8.70. The van der Waals surface area contributed by atoms with Gasteiger partial charge in [-0.25, -0.2) is 0 Å². The molecule has 3 nitrogen and oxygen atoms in total. The van der Waals surface area contributed by atoms with E-state index in [9.17, 15) is 0 Å². The number of likely N-dealkylation sites (tertiary alicyclic amines) is 1. The van der Waals surface area contributed by atoms with Crippen LogP contribution in [0.1, 0.15) is 29.5 Å². The second-order valence-corrected chi connectivity index (χ2v) is 7.04. The van der Waals surface area contributed by atoms with Crippen LogP contribution in [0.3, 0.4) is 0 Å². The van der Waals surface area contributed by atoms with Gasteiger partial charge in [-0.05, 0) is 49.0 Å². The molecule has 4 rings (SSSR count). The van der Waals surface area contributed by atoms with Gasteiger partial charge < -0.3 is 10.6 Å². The molecule has 0 amide bonds. The fraction of sp³-hybridized carbons (Fsp3) is 0.429. The van der Waals surface area contributed by atoms with E-state index in [1.165, 1.54) is 54.7 Å². The molecule has 0 atom stereocenters. The Labute approximate surface area is 157 Å². The summed E-state index contributed by atoms with van der Waals surface area (Å²) >= 11 is 0. The van der Waals surface area contributed by atoms with E-state index in [2.05, 4.69) is 64.1 Å². The molecule has 1 saturated heterocycles. The van der Waals surface area contributed by atoms with Crippen molar-refractivity contribution in [2.45, 2.75) is 38.4 Å². The Bertz CT molecular complexity index is 666. The number of piperidine rings is 1. The number of hydrogen-bond acceptors (Lipinski definition) is 3. The minimum Gasteiger partial charge on any atom is -0.384 e. The molecule has 2 N–H and O–H groups in total. The zero-order valence-corrected chi connectivity index (χ0v) is 15.5. The van der Waals surface area contributed by atoms with Crippen LogP contribution < -0.4 is 10.6 Å². The molecule has 2 aromatic carbocycles. The SMILES string of the molecule is Cl.c1ccc(CN2CCC(NCc3cccc4c3NCC4)CC2)cc1. The lowest BCUT2D eigenvalue weighted by molar-refractivity contribution is 0.190. The molecule has 0 radical (unpaired) electrons. The number of nitrogens with one attached hydrogen (secondary N) is 2. The first-order chi connectivity index (χ1) is 11.9. The van der Waals surface area contributed by atoms with Crippen LogP contribution in [0, 0.1) is 0 Å². The average Bonchev–Trinajstić information content (AvgIpc) is 3.11. The minimum atomic E-state index is 0. The Balaban J connectivity index is 0.00000182. The van der Waals surface area contributed by atoms with Gasteiger partial charge in [0.2, 0.25) is 0 Å². The van der Waals surface area contributed by atoms with Gasteiger partial charge >= 0.3 is 0 Å². The Hall–Kier alpha value is -1.55. The molecule has 0 spiro atoms. The lowest BCUT2D eigenvalue weighted by Crippen LogP contribution is -2.41. The van der Waals surface area contributed by atoms with E-state index in [1.807, 2.05) is 0 Å². The molecule has 0 bridgehead atoms. The summed E-state index contributed by atoms with van der Waals surface area (Å²) in [5, 5.41) is 7.33. The van der Waals surface area contributed by atoms with Gasteiger partial charge in [0.15, 0.2) is 0 Å². The topological polar surface area (TPSA) is 27.3 Å². The van der Waals surface area contributed by atoms with Crippen LogP contribution in [-0.4, -0.2) is 30.6 Å². The molecular weight excluding hydrogens is 330 g/mol. The molecule has 0 aliphatic carbocycles. The van der Waals surface area contributed by atoms with Crippen molar-refractivity contribution in [2.75, 3.05) is 25.0 Å². The van der Waals surface area contributed by atoms with Crippen LogP contribution in [0.15, 0.2) is 48.5 Å². The zero-order valence-electron chi connectivity index (χ0n) is 14.7. The molecule has 4 heteroatoms. The van der Waals surface area contributed by atoms with Crippen molar-refractivity contribution >= 4 is 18.1 Å². The van der Waals surface area contributed by atoms with Crippen molar-refractivity contribution in [3.05, 3.63) is 65.2 Å². The van der Waals surface area contributed by atoms with Crippen molar-refractivity contribution in [2.24, 2.45) is 0 Å². The smallest absolute Gasteiger partial charge is 0.0419 e. The van der Waals surface area contributed by atoms with E-state index in [4.69, 9.17) is 0 Å². The lowest BCUT2D eigenvalue weighted by Gasteiger charge is -2.32. The fourth-order valence-electron chi connectivity index (χ4n) is 3.95. The first-order valence-electron chi connectivity index (χ1n) is 9.23. The summed E-state index contributed by atoms with van der Waals surface area (Å²) in [5.41, 5.74) is 5.71. The molecule has 0 aromatic heterocycles. The van der Waals surface area contributed by atoms with Crippen LogP contribution in [0.4, 0.5) is 5.69 Å². The Morgan fingerprint density at radius 2 is 1.80 bits per heavy atom. The second-order valence-electron chi connectivity index (χ2n) is 7.04. The highest BCUT2D eigenvalue weighted by Gasteiger charge is 2.20. The molecule has 0 saturated carbocycles. The first kappa shape index (κ1) is 18.2. The minimum absolute atomic E-state index is 0. The van der Waals surface area contributed by atoms with Gasteiger partial charge in [-0.15, -0.1) is 12.4 Å². The van der Waals surface area contributed by atoms with Gasteiger partial charge in [0, 0.05) is 31.4 Å². The van der Waals surface area contributed by atoms with E-state index in [0.29, 0.717) is 6.04 Å². The first-order valence-corrected chi connectivity index (χ1v) is 9.23. The zero-order chi connectivity index (χ0) is 16.2. The fourth-order valence-corrected chi connectivity index (χ4v) is 3.95. The molecule has 2 aliphatic rings. The number of benzene rings is 2. The quantitative estimate of drug-likeness (QED) is 0.851. The van der Waals surface area contributed by atoms with Gasteiger partial charge in [-0.1, -0.05) is 48.5 Å². The van der Waals surface area contributed by atoms with E-state index in [1.54, 1.807) is 0 Å². The third kappa shape index (κ3) is 4.55. The monoisotopic (exact) mass is 357 g/mol. The highest BCUT2D eigenvalue weighted by atomic mass is 35.5. The highest BCUT2D eigenvalue weighted by Crippen LogP contribution is 2.26. The number of anilines is 1. The van der Waals surface area contributed by atoms with Gasteiger partial charge in [-0.3, -0.25) is 4.90 Å². The highest BCUT2D eigenvalue weighted by molar-refractivity contribution is 5.85. The normalized spacial score (nSPS) is 17.6. The van der Waals surface area contributed by atoms with Crippen molar-refractivity contribution in [1.29, 1.82) is 0 Å². The number of hydrogen-bond donors (Lipinski definition) is 2. The molecule has 1 fully saturated rings. The van der Waals surface area contributed by atoms with Crippen LogP contribution in [-0.2, 0) is 19.5 Å². The summed E-state index contributed by atoms with van der Waals surface area (Å²) in [6, 6.07) is 18.2. The Kier molecular flexibility index (Phi) is 6.35.